The van der Waals surface area contributed by atoms with E-state index in [1.54, 1.807) is 6.20 Å². The van der Waals surface area contributed by atoms with Crippen molar-refractivity contribution in [1.82, 2.24) is 4.98 Å². The third-order valence-electron chi connectivity index (χ3n) is 7.35. The van der Waals surface area contributed by atoms with Gasteiger partial charge in [-0.25, -0.2) is 0 Å². The van der Waals surface area contributed by atoms with Crippen molar-refractivity contribution in [2.75, 3.05) is 18.0 Å². The molecule has 0 unspecified atom stereocenters. The molecule has 1 aliphatic rings. The van der Waals surface area contributed by atoms with Gasteiger partial charge in [-0.2, -0.15) is 10.2 Å². The van der Waals surface area contributed by atoms with Crippen LogP contribution in [-0.2, 0) is 6.42 Å². The van der Waals surface area contributed by atoms with Crippen LogP contribution in [0.25, 0.3) is 10.9 Å². The van der Waals surface area contributed by atoms with Crippen LogP contribution in [-0.4, -0.2) is 18.1 Å². The Morgan fingerprint density at radius 2 is 1.31 bits per heavy atom. The van der Waals surface area contributed by atoms with Crippen molar-refractivity contribution in [2.24, 2.45) is 20.5 Å². The van der Waals surface area contributed by atoms with Crippen LogP contribution in [0, 0.1) is 0 Å². The molecule has 39 heavy (non-hydrogen) atoms. The molecule has 1 fully saturated rings. The van der Waals surface area contributed by atoms with Crippen LogP contribution in [0.15, 0.2) is 99.5 Å². The van der Waals surface area contributed by atoms with Gasteiger partial charge in [-0.05, 0) is 91.9 Å². The molecule has 3 aromatic carbocycles. The summed E-state index contributed by atoms with van der Waals surface area (Å²) in [5.41, 5.74) is 6.53. The fraction of sp³-hybridized carbons (Fsp3) is 0.364. The van der Waals surface area contributed by atoms with Crippen molar-refractivity contribution in [3.05, 3.63) is 84.6 Å². The number of benzene rings is 3. The smallest absolute Gasteiger partial charge is 0.112 e. The molecule has 6 heteroatoms. The Morgan fingerprint density at radius 1 is 0.667 bits per heavy atom. The van der Waals surface area contributed by atoms with E-state index in [4.69, 9.17) is 0 Å². The summed E-state index contributed by atoms with van der Waals surface area (Å²) in [6.45, 7) is 4.53. The second-order valence-corrected chi connectivity index (χ2v) is 10.3. The van der Waals surface area contributed by atoms with Crippen molar-refractivity contribution in [1.29, 1.82) is 0 Å². The van der Waals surface area contributed by atoms with Gasteiger partial charge in [-0.3, -0.25) is 4.98 Å². The molecule has 0 radical (unpaired) electrons. The lowest BCUT2D eigenvalue weighted by atomic mass is 10.0. The van der Waals surface area contributed by atoms with Gasteiger partial charge in [0.15, 0.2) is 0 Å². The van der Waals surface area contributed by atoms with E-state index < -0.39 is 0 Å². The second kappa shape index (κ2) is 13.7. The van der Waals surface area contributed by atoms with Gasteiger partial charge in [-0.1, -0.05) is 51.2 Å². The number of rotatable bonds is 12. The first-order valence-corrected chi connectivity index (χ1v) is 14.5. The van der Waals surface area contributed by atoms with Gasteiger partial charge in [0.25, 0.3) is 0 Å². The van der Waals surface area contributed by atoms with E-state index in [0.717, 1.165) is 53.2 Å². The van der Waals surface area contributed by atoms with Crippen molar-refractivity contribution in [3.63, 3.8) is 0 Å². The molecule has 1 aromatic heterocycles. The molecule has 0 bridgehead atoms. The minimum absolute atomic E-state index is 0.718. The fourth-order valence-corrected chi connectivity index (χ4v) is 5.08. The highest BCUT2D eigenvalue weighted by Gasteiger charge is 2.12. The lowest BCUT2D eigenvalue weighted by molar-refractivity contribution is 0.607. The largest absolute Gasteiger partial charge is 0.372 e. The van der Waals surface area contributed by atoms with E-state index in [9.17, 15) is 0 Å². The lowest BCUT2D eigenvalue weighted by Crippen LogP contribution is -2.17. The number of aryl methyl sites for hydroxylation is 1. The summed E-state index contributed by atoms with van der Waals surface area (Å²) >= 11 is 0. The molecule has 5 rings (SSSR count). The van der Waals surface area contributed by atoms with Crippen molar-refractivity contribution < 1.29 is 0 Å². The molecule has 0 amide bonds. The molecular weight excluding hydrogens is 480 g/mol. The van der Waals surface area contributed by atoms with Crippen molar-refractivity contribution >= 4 is 39.3 Å². The third-order valence-corrected chi connectivity index (χ3v) is 7.35. The van der Waals surface area contributed by atoms with Crippen LogP contribution in [0.3, 0.4) is 0 Å². The molecule has 200 valence electrons. The van der Waals surface area contributed by atoms with Crippen molar-refractivity contribution in [2.45, 2.75) is 64.7 Å². The zero-order valence-corrected chi connectivity index (χ0v) is 23.0. The van der Waals surface area contributed by atoms with Crippen LogP contribution >= 0.6 is 0 Å². The van der Waals surface area contributed by atoms with Gasteiger partial charge in [-0.15, -0.1) is 10.2 Å². The molecule has 6 nitrogen and oxygen atoms in total. The van der Waals surface area contributed by atoms with Crippen LogP contribution in [0.4, 0.5) is 28.4 Å². The summed E-state index contributed by atoms with van der Waals surface area (Å²) in [5.74, 6) is 0. The molecule has 2 heterocycles. The van der Waals surface area contributed by atoms with Gasteiger partial charge in [0.2, 0.25) is 0 Å². The Morgan fingerprint density at radius 3 is 2.05 bits per heavy atom. The molecule has 0 saturated carbocycles. The third kappa shape index (κ3) is 7.34. The monoisotopic (exact) mass is 518 g/mol. The summed E-state index contributed by atoms with van der Waals surface area (Å²) in [5, 5.41) is 19.0. The van der Waals surface area contributed by atoms with E-state index in [1.165, 1.54) is 62.6 Å². The fourth-order valence-electron chi connectivity index (χ4n) is 5.08. The summed E-state index contributed by atoms with van der Waals surface area (Å²) in [6, 6.07) is 24.5. The highest BCUT2D eigenvalue weighted by molar-refractivity contribution is 5.96. The summed E-state index contributed by atoms with van der Waals surface area (Å²) in [7, 11) is 0. The topological polar surface area (TPSA) is 65.6 Å². The first kappa shape index (κ1) is 26.7. The van der Waals surface area contributed by atoms with E-state index in [0.29, 0.717) is 0 Å². The minimum Gasteiger partial charge on any atom is -0.372 e. The molecule has 0 aliphatic carbocycles. The Hall–Kier alpha value is -3.93. The standard InChI is InChI=1S/C33H38N6/c1-2-3-4-5-6-7-11-26-13-15-27(16-14-26)36-38-32-22-21-31(30-12-10-23-34-33(30)32)37-35-28-17-19-29(20-18-28)39-24-8-9-25-39/h10,12-23H,2-9,11,24-25H2,1H3/b37-35+,38-36+. The maximum Gasteiger partial charge on any atom is 0.112 e. The maximum absolute atomic E-state index is 4.58. The van der Waals surface area contributed by atoms with Gasteiger partial charge in [0.1, 0.15) is 5.69 Å². The molecule has 1 saturated heterocycles. The predicted octanol–water partition coefficient (Wildman–Crippen LogP) is 10.6. The molecular formula is C33H38N6. The van der Waals surface area contributed by atoms with E-state index >= 15 is 0 Å². The highest BCUT2D eigenvalue weighted by Crippen LogP contribution is 2.34. The number of fused-ring (bicyclic) bond motifs is 1. The quantitative estimate of drug-likeness (QED) is 0.138. The van der Waals surface area contributed by atoms with Gasteiger partial charge < -0.3 is 4.90 Å². The first-order chi connectivity index (χ1) is 19.3. The summed E-state index contributed by atoms with van der Waals surface area (Å²) in [4.78, 5) is 6.99. The van der Waals surface area contributed by atoms with Crippen LogP contribution in [0.5, 0.6) is 0 Å². The Labute approximate surface area is 231 Å². The van der Waals surface area contributed by atoms with E-state index in [2.05, 4.69) is 61.5 Å². The van der Waals surface area contributed by atoms with Crippen LogP contribution < -0.4 is 4.90 Å². The van der Waals surface area contributed by atoms with Crippen LogP contribution in [0.1, 0.15) is 63.9 Å². The molecule has 4 aromatic rings. The normalized spacial score (nSPS) is 13.8. The minimum atomic E-state index is 0.718. The maximum atomic E-state index is 4.58. The lowest BCUT2D eigenvalue weighted by Gasteiger charge is -2.17. The Bertz CT molecular complexity index is 1390. The number of azo groups is 2. The number of nitrogens with zero attached hydrogens (tertiary/aromatic N) is 6. The predicted molar refractivity (Wildman–Crippen MR) is 162 cm³/mol. The SMILES string of the molecule is CCCCCCCCc1ccc(/N=N/c2ccc(/N=N/c3ccc(N4CCCC4)cc3)c3cccnc23)cc1. The second-order valence-electron chi connectivity index (χ2n) is 10.3. The number of hydrogen-bond donors (Lipinski definition) is 0. The average molecular weight is 519 g/mol. The molecule has 1 aliphatic heterocycles. The molecule has 0 spiro atoms. The number of unbranched alkanes of at least 4 members (excludes halogenated alkanes) is 5. The van der Waals surface area contributed by atoms with Gasteiger partial charge >= 0.3 is 0 Å². The number of anilines is 1. The van der Waals surface area contributed by atoms with Crippen LogP contribution in [0.2, 0.25) is 0 Å². The van der Waals surface area contributed by atoms with Gasteiger partial charge in [0, 0.05) is 30.4 Å². The van der Waals surface area contributed by atoms with E-state index in [-0.39, 0.29) is 0 Å². The average Bonchev–Trinajstić information content (AvgIpc) is 3.53. The number of pyridine rings is 1. The number of aromatic nitrogens is 1. The zero-order valence-electron chi connectivity index (χ0n) is 23.0. The molecule has 0 atom stereocenters. The zero-order chi connectivity index (χ0) is 26.7. The highest BCUT2D eigenvalue weighted by atomic mass is 15.1. The molecule has 0 N–H and O–H groups in total. The van der Waals surface area contributed by atoms with E-state index in [1.807, 2.05) is 48.5 Å². The summed E-state index contributed by atoms with van der Waals surface area (Å²) in [6.07, 6.45) is 13.3. The van der Waals surface area contributed by atoms with Gasteiger partial charge in [0.05, 0.1) is 22.6 Å². The first-order valence-electron chi connectivity index (χ1n) is 14.5. The Balaban J connectivity index is 1.24. The van der Waals surface area contributed by atoms with Crippen molar-refractivity contribution in [3.8, 4) is 0 Å². The Kier molecular flexibility index (Phi) is 9.40. The summed E-state index contributed by atoms with van der Waals surface area (Å²) < 4.78 is 0. The number of hydrogen-bond acceptors (Lipinski definition) is 6.